The number of aliphatic carboxylic acids is 1. The zero-order valence-electron chi connectivity index (χ0n) is 14.2. The number of thioether (sulfide) groups is 1. The molecule has 0 spiro atoms. The van der Waals surface area contributed by atoms with Gasteiger partial charge in [-0.1, -0.05) is 0 Å². The molecular weight excluding hydrogens is 352 g/mol. The van der Waals surface area contributed by atoms with Crippen LogP contribution in [0.4, 0.5) is 0 Å². The first-order valence-corrected chi connectivity index (χ1v) is 9.51. The van der Waals surface area contributed by atoms with Gasteiger partial charge in [0.2, 0.25) is 0 Å². The number of pyridine rings is 1. The first-order chi connectivity index (χ1) is 12.6. The number of hydrogen-bond donors (Lipinski definition) is 1. The van der Waals surface area contributed by atoms with E-state index in [1.807, 2.05) is 12.1 Å². The van der Waals surface area contributed by atoms with Crippen molar-refractivity contribution in [3.8, 4) is 5.75 Å². The molecule has 6 nitrogen and oxygen atoms in total. The van der Waals surface area contributed by atoms with Crippen molar-refractivity contribution in [1.82, 2.24) is 9.88 Å². The Morgan fingerprint density at radius 1 is 1.19 bits per heavy atom. The first-order valence-electron chi connectivity index (χ1n) is 8.36. The number of benzene rings is 1. The van der Waals surface area contributed by atoms with Crippen LogP contribution in [0, 0.1) is 0 Å². The summed E-state index contributed by atoms with van der Waals surface area (Å²) in [4.78, 5) is 29.4. The molecule has 0 radical (unpaired) electrons. The number of carbonyl (C=O) groups excluding carboxylic acids is 1. The monoisotopic (exact) mass is 372 g/mol. The van der Waals surface area contributed by atoms with Gasteiger partial charge in [-0.25, -0.2) is 0 Å². The maximum Gasteiger partial charge on any atom is 0.305 e. The van der Waals surface area contributed by atoms with E-state index in [1.165, 1.54) is 0 Å². The first kappa shape index (κ1) is 18.3. The van der Waals surface area contributed by atoms with Crippen LogP contribution in [0.3, 0.4) is 0 Å². The van der Waals surface area contributed by atoms with Crippen LogP contribution in [0.1, 0.15) is 22.3 Å². The summed E-state index contributed by atoms with van der Waals surface area (Å²) in [6.07, 6.45) is 3.40. The molecule has 1 aromatic heterocycles. The number of aromatic nitrogens is 1. The molecule has 1 atom stereocenters. The molecule has 1 fully saturated rings. The highest BCUT2D eigenvalue weighted by molar-refractivity contribution is 7.99. The molecule has 1 saturated heterocycles. The predicted molar refractivity (Wildman–Crippen MR) is 99.4 cm³/mol. The van der Waals surface area contributed by atoms with E-state index in [0.29, 0.717) is 30.2 Å². The second-order valence-electron chi connectivity index (χ2n) is 5.99. The molecule has 1 amide bonds. The second-order valence-corrected chi connectivity index (χ2v) is 7.14. The van der Waals surface area contributed by atoms with Crippen LogP contribution in [0.15, 0.2) is 48.8 Å². The molecule has 0 bridgehead atoms. The summed E-state index contributed by atoms with van der Waals surface area (Å²) in [5.74, 6) is 1.15. The van der Waals surface area contributed by atoms with Crippen molar-refractivity contribution < 1.29 is 19.4 Å². The molecule has 1 N–H and O–H groups in total. The Morgan fingerprint density at radius 2 is 1.92 bits per heavy atom. The summed E-state index contributed by atoms with van der Waals surface area (Å²) in [5.41, 5.74) is 1.56. The molecule has 2 aromatic rings. The van der Waals surface area contributed by atoms with Gasteiger partial charge in [0.05, 0.1) is 12.5 Å². The third kappa shape index (κ3) is 4.76. The van der Waals surface area contributed by atoms with Gasteiger partial charge in [-0.15, -0.1) is 0 Å². The molecule has 1 unspecified atom stereocenters. The van der Waals surface area contributed by atoms with E-state index in [-0.39, 0.29) is 18.4 Å². The third-order valence-electron chi connectivity index (χ3n) is 4.15. The Morgan fingerprint density at radius 3 is 2.62 bits per heavy atom. The molecule has 136 valence electrons. The van der Waals surface area contributed by atoms with Gasteiger partial charge in [0.25, 0.3) is 5.91 Å². The van der Waals surface area contributed by atoms with Gasteiger partial charge in [-0.05, 0) is 42.0 Å². The molecule has 2 heterocycles. The Balaban J connectivity index is 1.63. The van der Waals surface area contributed by atoms with Crippen LogP contribution in [-0.4, -0.2) is 51.0 Å². The number of nitrogens with zero attached hydrogens (tertiary/aromatic N) is 2. The highest BCUT2D eigenvalue weighted by Gasteiger charge is 2.29. The highest BCUT2D eigenvalue weighted by atomic mass is 32.2. The molecule has 0 saturated carbocycles. The lowest BCUT2D eigenvalue weighted by Gasteiger charge is -2.34. The van der Waals surface area contributed by atoms with Crippen molar-refractivity contribution >= 4 is 23.6 Å². The number of ether oxygens (including phenoxy) is 1. The van der Waals surface area contributed by atoms with E-state index in [1.54, 1.807) is 53.3 Å². The largest absolute Gasteiger partial charge is 0.489 e. The molecule has 1 aliphatic rings. The van der Waals surface area contributed by atoms with Crippen molar-refractivity contribution in [2.75, 3.05) is 18.1 Å². The molecule has 7 heteroatoms. The fraction of sp³-hybridized carbons (Fsp3) is 0.316. The summed E-state index contributed by atoms with van der Waals surface area (Å²) < 4.78 is 5.71. The average Bonchev–Trinajstić information content (AvgIpc) is 2.67. The number of carbonyl (C=O) groups is 2. The van der Waals surface area contributed by atoms with Crippen LogP contribution in [-0.2, 0) is 11.4 Å². The van der Waals surface area contributed by atoms with Crippen LogP contribution < -0.4 is 4.74 Å². The van der Waals surface area contributed by atoms with Gasteiger partial charge >= 0.3 is 5.97 Å². The van der Waals surface area contributed by atoms with Crippen molar-refractivity contribution in [2.24, 2.45) is 0 Å². The minimum atomic E-state index is -0.879. The maximum absolute atomic E-state index is 12.8. The van der Waals surface area contributed by atoms with Crippen LogP contribution in [0.25, 0.3) is 0 Å². The lowest BCUT2D eigenvalue weighted by Crippen LogP contribution is -2.47. The number of hydrogen-bond acceptors (Lipinski definition) is 5. The Bertz CT molecular complexity index is 752. The number of carboxylic acid groups (broad SMARTS) is 1. The summed E-state index contributed by atoms with van der Waals surface area (Å²) in [6, 6.07) is 10.5. The quantitative estimate of drug-likeness (QED) is 0.840. The molecule has 1 aliphatic heterocycles. The maximum atomic E-state index is 12.8. The summed E-state index contributed by atoms with van der Waals surface area (Å²) in [7, 11) is 0. The van der Waals surface area contributed by atoms with E-state index in [2.05, 4.69) is 4.98 Å². The van der Waals surface area contributed by atoms with Crippen LogP contribution >= 0.6 is 11.8 Å². The van der Waals surface area contributed by atoms with Gasteiger partial charge in [0, 0.05) is 36.0 Å². The van der Waals surface area contributed by atoms with Crippen molar-refractivity contribution in [2.45, 2.75) is 19.1 Å². The van der Waals surface area contributed by atoms with Crippen LogP contribution in [0.2, 0.25) is 0 Å². The summed E-state index contributed by atoms with van der Waals surface area (Å²) in [6.45, 7) is 1.00. The van der Waals surface area contributed by atoms with Crippen molar-refractivity contribution in [1.29, 1.82) is 0 Å². The number of amides is 1. The van der Waals surface area contributed by atoms with E-state index in [9.17, 15) is 9.59 Å². The fourth-order valence-electron chi connectivity index (χ4n) is 2.80. The van der Waals surface area contributed by atoms with E-state index in [0.717, 1.165) is 11.3 Å². The summed E-state index contributed by atoms with van der Waals surface area (Å²) in [5, 5.41) is 9.06. The molecule has 0 aliphatic carbocycles. The normalized spacial score (nSPS) is 16.9. The second kappa shape index (κ2) is 8.71. The average molecular weight is 372 g/mol. The van der Waals surface area contributed by atoms with Gasteiger partial charge in [-0.2, -0.15) is 11.8 Å². The zero-order chi connectivity index (χ0) is 18.4. The Labute approximate surface area is 156 Å². The van der Waals surface area contributed by atoms with Gasteiger partial charge in [0.15, 0.2) is 0 Å². The standard InChI is InChI=1S/C19H20N2O4S/c22-18(23)11-16-13-26-10-9-21(16)19(24)15-1-3-17(4-2-15)25-12-14-5-7-20-8-6-14/h1-8,16H,9-13H2,(H,22,23). The lowest BCUT2D eigenvalue weighted by atomic mass is 10.1. The topological polar surface area (TPSA) is 79.7 Å². The lowest BCUT2D eigenvalue weighted by molar-refractivity contribution is -0.138. The molecule has 26 heavy (non-hydrogen) atoms. The Hall–Kier alpha value is -2.54. The fourth-order valence-corrected chi connectivity index (χ4v) is 3.86. The zero-order valence-corrected chi connectivity index (χ0v) is 15.0. The van der Waals surface area contributed by atoms with Gasteiger partial charge < -0.3 is 14.7 Å². The number of rotatable bonds is 6. The molecule has 3 rings (SSSR count). The Kier molecular flexibility index (Phi) is 6.12. The minimum absolute atomic E-state index is 0.0220. The SMILES string of the molecule is O=C(O)CC1CSCCN1C(=O)c1ccc(OCc2ccncc2)cc1. The van der Waals surface area contributed by atoms with E-state index < -0.39 is 5.97 Å². The van der Waals surface area contributed by atoms with Crippen molar-refractivity contribution in [3.05, 3.63) is 59.9 Å². The highest BCUT2D eigenvalue weighted by Crippen LogP contribution is 2.22. The smallest absolute Gasteiger partial charge is 0.305 e. The molecule has 1 aromatic carbocycles. The van der Waals surface area contributed by atoms with E-state index >= 15 is 0 Å². The van der Waals surface area contributed by atoms with Gasteiger partial charge in [-0.3, -0.25) is 14.6 Å². The van der Waals surface area contributed by atoms with E-state index in [4.69, 9.17) is 9.84 Å². The minimum Gasteiger partial charge on any atom is -0.489 e. The van der Waals surface area contributed by atoms with Gasteiger partial charge in [0.1, 0.15) is 12.4 Å². The number of carboxylic acids is 1. The third-order valence-corrected chi connectivity index (χ3v) is 5.25. The predicted octanol–water partition coefficient (Wildman–Crippen LogP) is 2.69. The van der Waals surface area contributed by atoms with Crippen LogP contribution in [0.5, 0.6) is 5.75 Å². The molecular formula is C19H20N2O4S. The van der Waals surface area contributed by atoms with Crippen molar-refractivity contribution in [3.63, 3.8) is 0 Å². The summed E-state index contributed by atoms with van der Waals surface area (Å²) >= 11 is 1.69.